The number of nitrogens with two attached hydrogens (primary N) is 1. The molecule has 0 aromatic heterocycles. The van der Waals surface area contributed by atoms with Crippen LogP contribution in [0.3, 0.4) is 0 Å². The Morgan fingerprint density at radius 2 is 2.19 bits per heavy atom. The average molecular weight is 302 g/mol. The maximum Gasteiger partial charge on any atom is 0.573 e. The smallest absolute Gasteiger partial charge is 0.404 e. The van der Waals surface area contributed by atoms with Gasteiger partial charge in [-0.2, -0.15) is 0 Å². The number of hydrogen-bond donors (Lipinski definition) is 1. The number of halogens is 3. The predicted molar refractivity (Wildman–Crippen MR) is 71.9 cm³/mol. The zero-order valence-electron chi connectivity index (χ0n) is 11.6. The first-order chi connectivity index (χ1) is 9.81. The lowest BCUT2D eigenvalue weighted by atomic mass is 10.1. The minimum Gasteiger partial charge on any atom is -0.404 e. The normalized spacial score (nSPS) is 18.9. The molecule has 0 saturated carbocycles. The molecular formula is C14H17F3N2O2. The van der Waals surface area contributed by atoms with Gasteiger partial charge < -0.3 is 15.4 Å². The lowest BCUT2D eigenvalue weighted by Gasteiger charge is -2.24. The van der Waals surface area contributed by atoms with Crippen molar-refractivity contribution in [2.75, 3.05) is 12.3 Å². The molecule has 1 amide bonds. The van der Waals surface area contributed by atoms with Gasteiger partial charge in [-0.25, -0.2) is 0 Å². The summed E-state index contributed by atoms with van der Waals surface area (Å²) in [5, 5.41) is 0. The summed E-state index contributed by atoms with van der Waals surface area (Å²) in [6.45, 7) is 2.67. The van der Waals surface area contributed by atoms with Crippen molar-refractivity contribution in [1.29, 1.82) is 0 Å². The molecule has 0 bridgehead atoms. The van der Waals surface area contributed by atoms with Crippen LogP contribution in [0.15, 0.2) is 18.2 Å². The Balaban J connectivity index is 2.18. The van der Waals surface area contributed by atoms with Crippen LogP contribution in [0.4, 0.5) is 18.9 Å². The highest BCUT2D eigenvalue weighted by molar-refractivity contribution is 5.95. The highest BCUT2D eigenvalue weighted by atomic mass is 19.4. The first-order valence-corrected chi connectivity index (χ1v) is 6.78. The highest BCUT2D eigenvalue weighted by Crippen LogP contribution is 2.30. The summed E-state index contributed by atoms with van der Waals surface area (Å²) in [6, 6.07) is 3.80. The molecule has 1 atom stereocenters. The molecule has 4 nitrogen and oxygen atoms in total. The molecule has 1 fully saturated rings. The first kappa shape index (κ1) is 15.5. The minimum absolute atomic E-state index is 0.185. The van der Waals surface area contributed by atoms with E-state index in [1.165, 1.54) is 12.1 Å². The molecule has 0 spiro atoms. The predicted octanol–water partition coefficient (Wildman–Crippen LogP) is 3.18. The summed E-state index contributed by atoms with van der Waals surface area (Å²) >= 11 is 0. The van der Waals surface area contributed by atoms with E-state index in [1.54, 1.807) is 4.90 Å². The molecule has 1 unspecified atom stereocenters. The molecule has 1 heterocycles. The molecule has 1 aromatic carbocycles. The second-order valence-corrected chi connectivity index (χ2v) is 5.00. The number of amides is 1. The molecule has 21 heavy (non-hydrogen) atoms. The molecule has 116 valence electrons. The number of rotatable bonds is 3. The van der Waals surface area contributed by atoms with Crippen molar-refractivity contribution in [3.8, 4) is 5.75 Å². The molecule has 1 aromatic rings. The lowest BCUT2D eigenvalue weighted by Crippen LogP contribution is -2.35. The van der Waals surface area contributed by atoms with Crippen LogP contribution in [-0.4, -0.2) is 29.8 Å². The monoisotopic (exact) mass is 302 g/mol. The van der Waals surface area contributed by atoms with Crippen molar-refractivity contribution in [1.82, 2.24) is 4.90 Å². The maximum atomic E-state index is 12.4. The van der Waals surface area contributed by atoms with Gasteiger partial charge in [-0.3, -0.25) is 4.79 Å². The van der Waals surface area contributed by atoms with Crippen LogP contribution in [0.1, 0.15) is 36.5 Å². The molecule has 2 rings (SSSR count). The third-order valence-corrected chi connectivity index (χ3v) is 3.59. The van der Waals surface area contributed by atoms with Gasteiger partial charge in [0.25, 0.3) is 5.91 Å². The SMILES string of the molecule is CCC1CCCN1C(=O)c1ccc(OC(F)(F)F)c(N)c1. The number of ether oxygens (including phenoxy) is 1. The van der Waals surface area contributed by atoms with Gasteiger partial charge in [0.05, 0.1) is 5.69 Å². The van der Waals surface area contributed by atoms with Crippen molar-refractivity contribution in [3.05, 3.63) is 23.8 Å². The molecular weight excluding hydrogens is 285 g/mol. The third kappa shape index (κ3) is 3.59. The Bertz CT molecular complexity index is 531. The van der Waals surface area contributed by atoms with Crippen LogP contribution in [0.25, 0.3) is 0 Å². The zero-order valence-corrected chi connectivity index (χ0v) is 11.6. The van der Waals surface area contributed by atoms with Gasteiger partial charge in [-0.05, 0) is 37.5 Å². The van der Waals surface area contributed by atoms with E-state index in [2.05, 4.69) is 4.74 Å². The molecule has 7 heteroatoms. The Kier molecular flexibility index (Phi) is 4.29. The van der Waals surface area contributed by atoms with E-state index in [0.717, 1.165) is 25.3 Å². The van der Waals surface area contributed by atoms with E-state index in [-0.39, 0.29) is 23.2 Å². The van der Waals surface area contributed by atoms with Crippen molar-refractivity contribution in [2.24, 2.45) is 0 Å². The number of nitrogen functional groups attached to an aromatic ring is 1. The second kappa shape index (κ2) is 5.83. The number of anilines is 1. The topological polar surface area (TPSA) is 55.6 Å². The van der Waals surface area contributed by atoms with Crippen LogP contribution in [0.5, 0.6) is 5.75 Å². The van der Waals surface area contributed by atoms with Crippen molar-refractivity contribution < 1.29 is 22.7 Å². The van der Waals surface area contributed by atoms with Gasteiger partial charge in [0.2, 0.25) is 0 Å². The summed E-state index contributed by atoms with van der Waals surface area (Å²) in [7, 11) is 0. The van der Waals surface area contributed by atoms with Gasteiger partial charge in [0.15, 0.2) is 5.75 Å². The van der Waals surface area contributed by atoms with Gasteiger partial charge in [0, 0.05) is 18.2 Å². The summed E-state index contributed by atoms with van der Waals surface area (Å²) in [5.41, 5.74) is 5.61. The highest BCUT2D eigenvalue weighted by Gasteiger charge is 2.32. The van der Waals surface area contributed by atoms with Crippen molar-refractivity contribution in [2.45, 2.75) is 38.6 Å². The first-order valence-electron chi connectivity index (χ1n) is 6.78. The van der Waals surface area contributed by atoms with E-state index in [4.69, 9.17) is 5.73 Å². The molecule has 2 N–H and O–H groups in total. The molecule has 1 aliphatic heterocycles. The second-order valence-electron chi connectivity index (χ2n) is 5.00. The number of carbonyl (C=O) groups excluding carboxylic acids is 1. The number of carbonyl (C=O) groups is 1. The molecule has 0 radical (unpaired) electrons. The fourth-order valence-electron chi connectivity index (χ4n) is 2.59. The summed E-state index contributed by atoms with van der Waals surface area (Å²) in [4.78, 5) is 14.1. The molecule has 1 saturated heterocycles. The van der Waals surface area contributed by atoms with Crippen LogP contribution in [0, 0.1) is 0 Å². The Morgan fingerprint density at radius 1 is 1.48 bits per heavy atom. The largest absolute Gasteiger partial charge is 0.573 e. The maximum absolute atomic E-state index is 12.4. The summed E-state index contributed by atoms with van der Waals surface area (Å²) in [5.74, 6) is -0.697. The fourth-order valence-corrected chi connectivity index (χ4v) is 2.59. The van der Waals surface area contributed by atoms with E-state index >= 15 is 0 Å². The van der Waals surface area contributed by atoms with E-state index < -0.39 is 12.1 Å². The minimum atomic E-state index is -4.80. The van der Waals surface area contributed by atoms with Crippen LogP contribution in [-0.2, 0) is 0 Å². The number of hydrogen-bond acceptors (Lipinski definition) is 3. The van der Waals surface area contributed by atoms with Crippen LogP contribution >= 0.6 is 0 Å². The van der Waals surface area contributed by atoms with E-state index in [1.807, 2.05) is 6.92 Å². The Morgan fingerprint density at radius 3 is 2.76 bits per heavy atom. The average Bonchev–Trinajstić information content (AvgIpc) is 2.87. The Hall–Kier alpha value is -1.92. The summed E-state index contributed by atoms with van der Waals surface area (Å²) < 4.78 is 40.3. The summed E-state index contributed by atoms with van der Waals surface area (Å²) in [6.07, 6.45) is -2.06. The zero-order chi connectivity index (χ0) is 15.6. The van der Waals surface area contributed by atoms with E-state index in [9.17, 15) is 18.0 Å². The third-order valence-electron chi connectivity index (χ3n) is 3.59. The quantitative estimate of drug-likeness (QED) is 0.872. The van der Waals surface area contributed by atoms with Crippen LogP contribution in [0.2, 0.25) is 0 Å². The fraction of sp³-hybridized carbons (Fsp3) is 0.500. The van der Waals surface area contributed by atoms with E-state index in [0.29, 0.717) is 6.54 Å². The van der Waals surface area contributed by atoms with Crippen LogP contribution < -0.4 is 10.5 Å². The number of alkyl halides is 3. The van der Waals surface area contributed by atoms with Gasteiger partial charge in [0.1, 0.15) is 0 Å². The van der Waals surface area contributed by atoms with Crippen molar-refractivity contribution in [3.63, 3.8) is 0 Å². The van der Waals surface area contributed by atoms with Gasteiger partial charge >= 0.3 is 6.36 Å². The Labute approximate surface area is 120 Å². The number of benzene rings is 1. The van der Waals surface area contributed by atoms with Gasteiger partial charge in [-0.15, -0.1) is 13.2 Å². The van der Waals surface area contributed by atoms with Crippen molar-refractivity contribution >= 4 is 11.6 Å². The molecule has 1 aliphatic rings. The molecule has 0 aliphatic carbocycles. The van der Waals surface area contributed by atoms with Gasteiger partial charge in [-0.1, -0.05) is 6.92 Å². The lowest BCUT2D eigenvalue weighted by molar-refractivity contribution is -0.274. The standard InChI is InChI=1S/C14H17F3N2O2/c1-2-10-4-3-7-19(10)13(20)9-5-6-12(11(18)8-9)21-14(15,16)17/h5-6,8,10H,2-4,7,18H2,1H3. The number of nitrogens with zero attached hydrogens (tertiary/aromatic N) is 1. The number of likely N-dealkylation sites (tertiary alicyclic amines) is 1.